The highest BCUT2D eigenvalue weighted by Crippen LogP contribution is 2.00. The molecule has 1 rings (SSSR count). The Bertz CT molecular complexity index is 365. The van der Waals surface area contributed by atoms with E-state index in [1.165, 1.54) is 5.56 Å². The molecule has 0 saturated carbocycles. The van der Waals surface area contributed by atoms with E-state index in [0.29, 0.717) is 6.54 Å². The van der Waals surface area contributed by atoms with Crippen LogP contribution >= 0.6 is 24.0 Å². The van der Waals surface area contributed by atoms with Crippen LogP contribution in [0.3, 0.4) is 0 Å². The molecule has 2 N–H and O–H groups in total. The second kappa shape index (κ2) is 11.1. The molecule has 0 amide bonds. The molecule has 1 heterocycles. The number of halogens is 1. The number of nitrogens with zero attached hydrogens (tertiary/aromatic N) is 2. The Morgan fingerprint density at radius 3 is 2.79 bits per heavy atom. The van der Waals surface area contributed by atoms with Crippen molar-refractivity contribution in [2.75, 3.05) is 26.8 Å². The van der Waals surface area contributed by atoms with Crippen LogP contribution in [-0.2, 0) is 18.3 Å². The number of hydrogen-bond donors (Lipinski definition) is 2. The summed E-state index contributed by atoms with van der Waals surface area (Å²) >= 11 is 0. The molecule has 1 aromatic rings. The lowest BCUT2D eigenvalue weighted by Gasteiger charge is -2.10. The molecule has 19 heavy (non-hydrogen) atoms. The number of nitrogens with one attached hydrogen (secondary N) is 2. The van der Waals surface area contributed by atoms with Gasteiger partial charge in [-0.1, -0.05) is 0 Å². The molecule has 0 saturated heterocycles. The van der Waals surface area contributed by atoms with Crippen molar-refractivity contribution in [3.63, 3.8) is 0 Å². The van der Waals surface area contributed by atoms with Gasteiger partial charge in [-0.05, 0) is 25.0 Å². The molecule has 0 aliphatic carbocycles. The van der Waals surface area contributed by atoms with Crippen LogP contribution in [0.5, 0.6) is 0 Å². The van der Waals surface area contributed by atoms with Crippen molar-refractivity contribution in [2.45, 2.75) is 19.9 Å². The SMILES string of the molecule is CCNC(=NCc1ccn(C)c1)NCCCOC.I. The monoisotopic (exact) mass is 380 g/mol. The third kappa shape index (κ3) is 8.10. The smallest absolute Gasteiger partial charge is 0.191 e. The molecule has 5 nitrogen and oxygen atoms in total. The zero-order chi connectivity index (χ0) is 13.2. The van der Waals surface area contributed by atoms with Gasteiger partial charge in [0, 0.05) is 46.2 Å². The lowest BCUT2D eigenvalue weighted by atomic mass is 10.3. The Kier molecular flexibility index (Phi) is 10.7. The standard InChI is InChI=1S/C13H24N4O.HI/c1-4-14-13(15-7-5-9-18-3)16-10-12-6-8-17(2)11-12;/h6,8,11H,4-5,7,9-10H2,1-3H3,(H2,14,15,16);1H. The van der Waals surface area contributed by atoms with Gasteiger partial charge in [-0.2, -0.15) is 0 Å². The van der Waals surface area contributed by atoms with Crippen LogP contribution in [0.2, 0.25) is 0 Å². The fourth-order valence-corrected chi connectivity index (χ4v) is 1.59. The van der Waals surface area contributed by atoms with Gasteiger partial charge < -0.3 is 19.9 Å². The Labute approximate surface area is 132 Å². The Hall–Kier alpha value is -0.760. The third-order valence-electron chi connectivity index (χ3n) is 2.47. The molecule has 6 heteroatoms. The Morgan fingerprint density at radius 1 is 1.42 bits per heavy atom. The maximum atomic E-state index is 5.01. The number of aromatic nitrogens is 1. The van der Waals surface area contributed by atoms with Crippen molar-refractivity contribution in [3.8, 4) is 0 Å². The van der Waals surface area contributed by atoms with Crippen LogP contribution in [0.25, 0.3) is 0 Å². The minimum atomic E-state index is 0. The fraction of sp³-hybridized carbons (Fsp3) is 0.615. The molecule has 0 fully saturated rings. The van der Waals surface area contributed by atoms with E-state index in [0.717, 1.165) is 32.1 Å². The zero-order valence-corrected chi connectivity index (χ0v) is 14.3. The van der Waals surface area contributed by atoms with Crippen LogP contribution in [0.15, 0.2) is 23.5 Å². The molecule has 0 atom stereocenters. The highest BCUT2D eigenvalue weighted by Gasteiger charge is 1.97. The summed E-state index contributed by atoms with van der Waals surface area (Å²) in [6.45, 7) is 5.26. The summed E-state index contributed by atoms with van der Waals surface area (Å²) in [5.74, 6) is 0.859. The summed E-state index contributed by atoms with van der Waals surface area (Å²) in [4.78, 5) is 4.53. The van der Waals surface area contributed by atoms with Crippen molar-refractivity contribution in [3.05, 3.63) is 24.0 Å². The van der Waals surface area contributed by atoms with E-state index in [-0.39, 0.29) is 24.0 Å². The van der Waals surface area contributed by atoms with Crippen molar-refractivity contribution in [2.24, 2.45) is 12.0 Å². The number of aryl methyl sites for hydroxylation is 1. The molecule has 0 aliphatic heterocycles. The fourth-order valence-electron chi connectivity index (χ4n) is 1.59. The highest BCUT2D eigenvalue weighted by molar-refractivity contribution is 14.0. The van der Waals surface area contributed by atoms with Gasteiger partial charge in [-0.3, -0.25) is 0 Å². The average Bonchev–Trinajstić information content (AvgIpc) is 2.77. The number of ether oxygens (including phenoxy) is 1. The Balaban J connectivity index is 0.00000324. The lowest BCUT2D eigenvalue weighted by Crippen LogP contribution is -2.38. The summed E-state index contributed by atoms with van der Waals surface area (Å²) in [5, 5.41) is 6.51. The molecule has 110 valence electrons. The molecule has 0 bridgehead atoms. The molecule has 0 aliphatic rings. The van der Waals surface area contributed by atoms with Crippen LogP contribution in [0, 0.1) is 0 Å². The quantitative estimate of drug-likeness (QED) is 0.328. The van der Waals surface area contributed by atoms with Gasteiger partial charge >= 0.3 is 0 Å². The largest absolute Gasteiger partial charge is 0.385 e. The maximum Gasteiger partial charge on any atom is 0.191 e. The van der Waals surface area contributed by atoms with E-state index in [4.69, 9.17) is 4.74 Å². The van der Waals surface area contributed by atoms with Crippen LogP contribution < -0.4 is 10.6 Å². The lowest BCUT2D eigenvalue weighted by molar-refractivity contribution is 0.195. The first-order chi connectivity index (χ1) is 8.76. The molecular formula is C13H25IN4O. The van der Waals surface area contributed by atoms with E-state index in [9.17, 15) is 0 Å². The third-order valence-corrected chi connectivity index (χ3v) is 2.47. The molecule has 0 unspecified atom stereocenters. The second-order valence-corrected chi connectivity index (χ2v) is 4.15. The van der Waals surface area contributed by atoms with Gasteiger partial charge in [0.15, 0.2) is 5.96 Å². The van der Waals surface area contributed by atoms with Gasteiger partial charge in [-0.15, -0.1) is 24.0 Å². The van der Waals surface area contributed by atoms with Crippen molar-refractivity contribution in [1.29, 1.82) is 0 Å². The molecule has 0 aromatic carbocycles. The van der Waals surface area contributed by atoms with E-state index < -0.39 is 0 Å². The molecule has 0 spiro atoms. The van der Waals surface area contributed by atoms with E-state index in [2.05, 4.69) is 34.8 Å². The van der Waals surface area contributed by atoms with Gasteiger partial charge in [-0.25, -0.2) is 4.99 Å². The van der Waals surface area contributed by atoms with Gasteiger partial charge in [0.1, 0.15) is 0 Å². The highest BCUT2D eigenvalue weighted by atomic mass is 127. The molecular weight excluding hydrogens is 355 g/mol. The van der Waals surface area contributed by atoms with Gasteiger partial charge in [0.2, 0.25) is 0 Å². The van der Waals surface area contributed by atoms with E-state index >= 15 is 0 Å². The van der Waals surface area contributed by atoms with Gasteiger partial charge in [0.25, 0.3) is 0 Å². The molecule has 0 radical (unpaired) electrons. The van der Waals surface area contributed by atoms with Crippen molar-refractivity contribution < 1.29 is 4.74 Å². The zero-order valence-electron chi connectivity index (χ0n) is 12.0. The predicted molar refractivity (Wildman–Crippen MR) is 90.1 cm³/mol. The van der Waals surface area contributed by atoms with Gasteiger partial charge in [0.05, 0.1) is 6.54 Å². The number of aliphatic imine (C=N–C) groups is 1. The number of methoxy groups -OCH3 is 1. The normalized spacial score (nSPS) is 11.0. The second-order valence-electron chi connectivity index (χ2n) is 4.15. The number of hydrogen-bond acceptors (Lipinski definition) is 2. The van der Waals surface area contributed by atoms with Crippen molar-refractivity contribution >= 4 is 29.9 Å². The maximum absolute atomic E-state index is 5.01. The van der Waals surface area contributed by atoms with Crippen molar-refractivity contribution in [1.82, 2.24) is 15.2 Å². The predicted octanol–water partition coefficient (Wildman–Crippen LogP) is 1.73. The summed E-state index contributed by atoms with van der Waals surface area (Å²) < 4.78 is 7.04. The van der Waals surface area contributed by atoms with Crippen LogP contribution in [0.1, 0.15) is 18.9 Å². The summed E-state index contributed by atoms with van der Waals surface area (Å²) in [6.07, 6.45) is 5.09. The van der Waals surface area contributed by atoms with Crippen LogP contribution in [0.4, 0.5) is 0 Å². The first-order valence-corrected chi connectivity index (χ1v) is 6.38. The topological polar surface area (TPSA) is 50.6 Å². The summed E-state index contributed by atoms with van der Waals surface area (Å²) in [7, 11) is 3.73. The summed E-state index contributed by atoms with van der Waals surface area (Å²) in [6, 6.07) is 2.08. The first kappa shape index (κ1) is 18.2. The van der Waals surface area contributed by atoms with E-state index in [1.54, 1.807) is 7.11 Å². The molecule has 1 aromatic heterocycles. The minimum Gasteiger partial charge on any atom is -0.385 e. The minimum absolute atomic E-state index is 0. The average molecular weight is 380 g/mol. The Morgan fingerprint density at radius 2 is 2.21 bits per heavy atom. The van der Waals surface area contributed by atoms with E-state index in [1.807, 2.05) is 17.8 Å². The first-order valence-electron chi connectivity index (χ1n) is 6.38. The van der Waals surface area contributed by atoms with Crippen LogP contribution in [-0.4, -0.2) is 37.3 Å². The number of rotatable bonds is 7. The summed E-state index contributed by atoms with van der Waals surface area (Å²) in [5.41, 5.74) is 1.21. The number of guanidine groups is 1.